The number of nitrogens with one attached hydrogen (secondary N) is 2. The van der Waals surface area contributed by atoms with Crippen LogP contribution in [-0.4, -0.2) is 69.2 Å². The molecule has 0 saturated carbocycles. The Hall–Kier alpha value is -2.70. The molecule has 0 unspecified atom stereocenters. The highest BCUT2D eigenvalue weighted by atomic mass is 127. The van der Waals surface area contributed by atoms with Crippen molar-refractivity contribution in [2.24, 2.45) is 4.99 Å². The molecule has 11 heteroatoms. The summed E-state index contributed by atoms with van der Waals surface area (Å²) in [4.78, 5) is 21.8. The maximum atomic E-state index is 5.31. The first kappa shape index (κ1) is 20.0. The van der Waals surface area contributed by atoms with Gasteiger partial charge in [0, 0.05) is 45.6 Å². The SMILES string of the molecule is CN=C(NCc1nc(-c2ccco2)n[nH]1)N1CCN(c2ncccn2)CC1.I. The molecule has 1 aliphatic rings. The van der Waals surface area contributed by atoms with E-state index in [1.807, 2.05) is 18.2 Å². The molecule has 3 aromatic rings. The number of hydrogen-bond donors (Lipinski definition) is 2. The molecule has 4 heterocycles. The van der Waals surface area contributed by atoms with Crippen LogP contribution in [0.1, 0.15) is 5.82 Å². The molecular formula is C17H22IN9O. The number of furan rings is 1. The lowest BCUT2D eigenvalue weighted by Gasteiger charge is -2.36. The van der Waals surface area contributed by atoms with Crippen LogP contribution in [0.5, 0.6) is 0 Å². The highest BCUT2D eigenvalue weighted by Crippen LogP contribution is 2.14. The minimum Gasteiger partial charge on any atom is -0.461 e. The van der Waals surface area contributed by atoms with Gasteiger partial charge >= 0.3 is 0 Å². The van der Waals surface area contributed by atoms with Crippen molar-refractivity contribution in [1.82, 2.24) is 35.4 Å². The zero-order valence-corrected chi connectivity index (χ0v) is 17.8. The summed E-state index contributed by atoms with van der Waals surface area (Å²) >= 11 is 0. The van der Waals surface area contributed by atoms with Crippen molar-refractivity contribution >= 4 is 35.9 Å². The Labute approximate surface area is 179 Å². The minimum atomic E-state index is 0. The first-order valence-corrected chi connectivity index (χ1v) is 8.76. The lowest BCUT2D eigenvalue weighted by atomic mass is 10.3. The van der Waals surface area contributed by atoms with Gasteiger partial charge in [-0.1, -0.05) is 0 Å². The fourth-order valence-electron chi connectivity index (χ4n) is 2.96. The molecule has 3 aromatic heterocycles. The summed E-state index contributed by atoms with van der Waals surface area (Å²) < 4.78 is 5.31. The van der Waals surface area contributed by atoms with Crippen LogP contribution in [0.15, 0.2) is 46.3 Å². The fourth-order valence-corrected chi connectivity index (χ4v) is 2.96. The second kappa shape index (κ2) is 9.48. The maximum Gasteiger partial charge on any atom is 0.225 e. The van der Waals surface area contributed by atoms with E-state index in [4.69, 9.17) is 4.42 Å². The number of aromatic nitrogens is 5. The molecule has 1 fully saturated rings. The van der Waals surface area contributed by atoms with Crippen LogP contribution >= 0.6 is 24.0 Å². The van der Waals surface area contributed by atoms with Crippen molar-refractivity contribution in [1.29, 1.82) is 0 Å². The summed E-state index contributed by atoms with van der Waals surface area (Å²) in [6.45, 7) is 3.87. The number of anilines is 1. The van der Waals surface area contributed by atoms with Gasteiger partial charge in [0.15, 0.2) is 11.7 Å². The molecule has 0 amide bonds. The van der Waals surface area contributed by atoms with Crippen molar-refractivity contribution in [3.63, 3.8) is 0 Å². The highest BCUT2D eigenvalue weighted by Gasteiger charge is 2.21. The van der Waals surface area contributed by atoms with Gasteiger partial charge < -0.3 is 19.5 Å². The second-order valence-electron chi connectivity index (χ2n) is 6.01. The first-order valence-electron chi connectivity index (χ1n) is 8.76. The van der Waals surface area contributed by atoms with E-state index in [0.29, 0.717) is 18.1 Å². The number of hydrogen-bond acceptors (Lipinski definition) is 7. The van der Waals surface area contributed by atoms with Crippen LogP contribution in [0.4, 0.5) is 5.95 Å². The van der Waals surface area contributed by atoms with Gasteiger partial charge in [0.05, 0.1) is 12.8 Å². The van der Waals surface area contributed by atoms with E-state index in [2.05, 4.69) is 45.3 Å². The van der Waals surface area contributed by atoms with Gasteiger partial charge in [-0.25, -0.2) is 15.0 Å². The predicted octanol–water partition coefficient (Wildman–Crippen LogP) is 1.37. The van der Waals surface area contributed by atoms with Gasteiger partial charge in [-0.15, -0.1) is 29.1 Å². The number of nitrogens with zero attached hydrogens (tertiary/aromatic N) is 7. The monoisotopic (exact) mass is 495 g/mol. The Morgan fingerprint density at radius 1 is 1.21 bits per heavy atom. The van der Waals surface area contributed by atoms with Gasteiger partial charge in [-0.3, -0.25) is 10.1 Å². The smallest absolute Gasteiger partial charge is 0.225 e. The molecule has 0 bridgehead atoms. The van der Waals surface area contributed by atoms with Gasteiger partial charge in [0.2, 0.25) is 11.8 Å². The molecule has 1 saturated heterocycles. The zero-order valence-electron chi connectivity index (χ0n) is 15.4. The van der Waals surface area contributed by atoms with E-state index >= 15 is 0 Å². The number of aliphatic imine (C=N–C) groups is 1. The summed E-state index contributed by atoms with van der Waals surface area (Å²) in [5.74, 6) is 3.51. The number of piperazine rings is 1. The Bertz CT molecular complexity index is 873. The van der Waals surface area contributed by atoms with Gasteiger partial charge in [0.25, 0.3) is 0 Å². The number of guanidine groups is 1. The summed E-state index contributed by atoms with van der Waals surface area (Å²) in [5.41, 5.74) is 0. The normalized spacial score (nSPS) is 14.7. The third-order valence-electron chi connectivity index (χ3n) is 4.31. The average Bonchev–Trinajstić information content (AvgIpc) is 3.41. The van der Waals surface area contributed by atoms with Crippen LogP contribution < -0.4 is 10.2 Å². The topological polar surface area (TPSA) is 111 Å². The van der Waals surface area contributed by atoms with Crippen LogP contribution in [0, 0.1) is 0 Å². The molecule has 0 aliphatic carbocycles. The molecule has 0 atom stereocenters. The first-order chi connectivity index (χ1) is 13.3. The van der Waals surface area contributed by atoms with Gasteiger partial charge in [-0.2, -0.15) is 0 Å². The van der Waals surface area contributed by atoms with Gasteiger partial charge in [-0.05, 0) is 18.2 Å². The lowest BCUT2D eigenvalue weighted by Crippen LogP contribution is -2.52. The average molecular weight is 495 g/mol. The quantitative estimate of drug-likeness (QED) is 0.317. The van der Waals surface area contributed by atoms with E-state index in [1.54, 1.807) is 25.7 Å². The van der Waals surface area contributed by atoms with Gasteiger partial charge in [0.1, 0.15) is 5.82 Å². The molecule has 4 rings (SSSR count). The molecule has 148 valence electrons. The summed E-state index contributed by atoms with van der Waals surface area (Å²) in [7, 11) is 1.78. The Balaban J connectivity index is 0.00000225. The summed E-state index contributed by atoms with van der Waals surface area (Å²) in [6, 6.07) is 5.47. The third-order valence-corrected chi connectivity index (χ3v) is 4.31. The molecule has 1 aliphatic heterocycles. The predicted molar refractivity (Wildman–Crippen MR) is 116 cm³/mol. The summed E-state index contributed by atoms with van der Waals surface area (Å²) in [6.07, 6.45) is 5.14. The number of halogens is 1. The highest BCUT2D eigenvalue weighted by molar-refractivity contribution is 14.0. The molecule has 0 aromatic carbocycles. The van der Waals surface area contributed by atoms with Crippen molar-refractivity contribution < 1.29 is 4.42 Å². The van der Waals surface area contributed by atoms with E-state index in [1.165, 1.54) is 0 Å². The van der Waals surface area contributed by atoms with E-state index in [0.717, 1.165) is 43.9 Å². The van der Waals surface area contributed by atoms with Crippen molar-refractivity contribution in [3.8, 4) is 11.6 Å². The number of rotatable bonds is 4. The lowest BCUT2D eigenvalue weighted by molar-refractivity contribution is 0.369. The Morgan fingerprint density at radius 2 is 2.00 bits per heavy atom. The Morgan fingerprint density at radius 3 is 2.68 bits per heavy atom. The minimum absolute atomic E-state index is 0. The van der Waals surface area contributed by atoms with Crippen molar-refractivity contribution in [2.45, 2.75) is 6.54 Å². The van der Waals surface area contributed by atoms with Crippen LogP contribution in [0.2, 0.25) is 0 Å². The third kappa shape index (κ3) is 4.58. The Kier molecular flexibility index (Phi) is 6.79. The van der Waals surface area contributed by atoms with Crippen LogP contribution in [0.3, 0.4) is 0 Å². The maximum absolute atomic E-state index is 5.31. The molecule has 0 spiro atoms. The molecular weight excluding hydrogens is 473 g/mol. The van der Waals surface area contributed by atoms with E-state index < -0.39 is 0 Å². The standard InChI is InChI=1S/C17H21N9O.HI/c1-18-16(21-12-14-22-15(24-23-14)13-4-2-11-27-13)25-7-9-26(10-8-25)17-19-5-3-6-20-17;/h2-6,11H,7-10,12H2,1H3,(H,18,21)(H,22,23,24);1H. The summed E-state index contributed by atoms with van der Waals surface area (Å²) in [5, 5.41) is 10.4. The molecule has 28 heavy (non-hydrogen) atoms. The van der Waals surface area contributed by atoms with Crippen LogP contribution in [0.25, 0.3) is 11.6 Å². The van der Waals surface area contributed by atoms with Crippen LogP contribution in [-0.2, 0) is 6.54 Å². The molecule has 0 radical (unpaired) electrons. The van der Waals surface area contributed by atoms with E-state index in [-0.39, 0.29) is 24.0 Å². The second-order valence-corrected chi connectivity index (χ2v) is 6.01. The van der Waals surface area contributed by atoms with Crippen molar-refractivity contribution in [3.05, 3.63) is 42.7 Å². The number of H-pyrrole nitrogens is 1. The van der Waals surface area contributed by atoms with E-state index in [9.17, 15) is 0 Å². The molecule has 2 N–H and O–H groups in total. The fraction of sp³-hybridized carbons (Fsp3) is 0.353. The largest absolute Gasteiger partial charge is 0.461 e. The number of aromatic amines is 1. The zero-order chi connectivity index (χ0) is 18.5. The molecule has 10 nitrogen and oxygen atoms in total. The van der Waals surface area contributed by atoms with Crippen molar-refractivity contribution in [2.75, 3.05) is 38.1 Å².